The summed E-state index contributed by atoms with van der Waals surface area (Å²) in [4.78, 5) is 2.47. The molecule has 1 heterocycles. The van der Waals surface area contributed by atoms with Crippen molar-refractivity contribution in [2.24, 2.45) is 0 Å². The average Bonchev–Trinajstić information content (AvgIpc) is 3.72. The molecule has 11 rings (SSSR count). The van der Waals surface area contributed by atoms with Crippen LogP contribution in [0.1, 0.15) is 0 Å². The minimum Gasteiger partial charge on any atom is -0.308 e. The van der Waals surface area contributed by atoms with Gasteiger partial charge in [0.1, 0.15) is 0 Å². The highest BCUT2D eigenvalue weighted by Crippen LogP contribution is 2.49. The fourth-order valence-corrected chi connectivity index (χ4v) is 10.1. The lowest BCUT2D eigenvalue weighted by Gasteiger charge is -2.29. The first-order valence-electron chi connectivity index (χ1n) is 20.5. The third-order valence-electron chi connectivity index (χ3n) is 11.7. The maximum atomic E-state index is 2.47. The summed E-state index contributed by atoms with van der Waals surface area (Å²) in [5.74, 6) is 0. The number of thiophene rings is 1. The van der Waals surface area contributed by atoms with Crippen molar-refractivity contribution in [2.45, 2.75) is 0 Å². The Balaban J connectivity index is 1.05. The molecule has 11 aromatic rings. The van der Waals surface area contributed by atoms with Gasteiger partial charge in [0.15, 0.2) is 0 Å². The van der Waals surface area contributed by atoms with E-state index in [2.05, 4.69) is 241 Å². The summed E-state index contributed by atoms with van der Waals surface area (Å²) in [6, 6.07) is 86.1. The molecular formula is C58H39NS. The molecule has 0 unspecified atom stereocenters. The van der Waals surface area contributed by atoms with Crippen LogP contribution < -0.4 is 4.90 Å². The number of hydrogen-bond donors (Lipinski definition) is 0. The SMILES string of the molecule is c1ccc(-c2ccccc2-c2ccccc2-c2ccccc2N(c2ccc(-c3ccc(-c4cccc5ccccc45)cc3)cc2)c2cccc3c2sc2ccccc23)cc1. The predicted octanol–water partition coefficient (Wildman–Crippen LogP) is 17.0. The molecule has 0 fully saturated rings. The third kappa shape index (κ3) is 6.35. The van der Waals surface area contributed by atoms with E-state index < -0.39 is 0 Å². The Morgan fingerprint density at radius 2 is 0.733 bits per heavy atom. The maximum absolute atomic E-state index is 2.47. The summed E-state index contributed by atoms with van der Waals surface area (Å²) in [7, 11) is 0. The molecule has 0 spiro atoms. The molecule has 0 saturated carbocycles. The van der Waals surface area contributed by atoms with Gasteiger partial charge in [0, 0.05) is 26.7 Å². The monoisotopic (exact) mass is 781 g/mol. The van der Waals surface area contributed by atoms with Gasteiger partial charge in [0.25, 0.3) is 0 Å². The van der Waals surface area contributed by atoms with Crippen molar-refractivity contribution in [2.75, 3.05) is 4.90 Å². The molecule has 0 amide bonds. The first kappa shape index (κ1) is 35.6. The van der Waals surface area contributed by atoms with Gasteiger partial charge in [0.2, 0.25) is 0 Å². The van der Waals surface area contributed by atoms with Crippen LogP contribution in [0.4, 0.5) is 17.1 Å². The molecule has 0 atom stereocenters. The number of benzene rings is 10. The smallest absolute Gasteiger partial charge is 0.0640 e. The summed E-state index contributed by atoms with van der Waals surface area (Å²) in [5, 5.41) is 5.09. The first-order chi connectivity index (χ1) is 29.8. The van der Waals surface area contributed by atoms with E-state index in [-0.39, 0.29) is 0 Å². The van der Waals surface area contributed by atoms with E-state index in [9.17, 15) is 0 Å². The quantitative estimate of drug-likeness (QED) is 0.148. The number of anilines is 3. The van der Waals surface area contributed by atoms with Crippen molar-refractivity contribution in [1.29, 1.82) is 0 Å². The van der Waals surface area contributed by atoms with Crippen LogP contribution in [0, 0.1) is 0 Å². The fourth-order valence-electron chi connectivity index (χ4n) is 8.88. The summed E-state index contributed by atoms with van der Waals surface area (Å²) in [6.07, 6.45) is 0. The Morgan fingerprint density at radius 1 is 0.267 bits per heavy atom. The van der Waals surface area contributed by atoms with Crippen LogP contribution in [0.5, 0.6) is 0 Å². The normalized spacial score (nSPS) is 11.3. The molecule has 1 aromatic heterocycles. The highest BCUT2D eigenvalue weighted by molar-refractivity contribution is 7.26. The van der Waals surface area contributed by atoms with E-state index in [1.807, 2.05) is 11.3 Å². The zero-order chi connectivity index (χ0) is 39.8. The van der Waals surface area contributed by atoms with Gasteiger partial charge in [-0.2, -0.15) is 0 Å². The second kappa shape index (κ2) is 15.3. The molecule has 0 aliphatic heterocycles. The lowest BCUT2D eigenvalue weighted by Crippen LogP contribution is -2.11. The molecule has 60 heavy (non-hydrogen) atoms. The first-order valence-corrected chi connectivity index (χ1v) is 21.3. The van der Waals surface area contributed by atoms with E-state index in [0.717, 1.165) is 17.1 Å². The van der Waals surface area contributed by atoms with Crippen molar-refractivity contribution in [3.63, 3.8) is 0 Å². The molecule has 10 aromatic carbocycles. The molecule has 0 N–H and O–H groups in total. The van der Waals surface area contributed by atoms with Crippen LogP contribution in [-0.2, 0) is 0 Å². The molecule has 0 bridgehead atoms. The Kier molecular flexibility index (Phi) is 9.11. The van der Waals surface area contributed by atoms with Gasteiger partial charge in [-0.3, -0.25) is 0 Å². The van der Waals surface area contributed by atoms with Crippen molar-refractivity contribution >= 4 is 59.3 Å². The Morgan fingerprint density at radius 3 is 1.50 bits per heavy atom. The molecular weight excluding hydrogens is 743 g/mol. The second-order valence-corrected chi connectivity index (χ2v) is 16.3. The maximum Gasteiger partial charge on any atom is 0.0640 e. The minimum atomic E-state index is 1.10. The van der Waals surface area contributed by atoms with E-state index in [0.29, 0.717) is 0 Å². The molecule has 0 aliphatic carbocycles. The van der Waals surface area contributed by atoms with Crippen LogP contribution in [0.3, 0.4) is 0 Å². The van der Waals surface area contributed by atoms with Crippen molar-refractivity contribution in [3.05, 3.63) is 237 Å². The highest BCUT2D eigenvalue weighted by atomic mass is 32.1. The van der Waals surface area contributed by atoms with Gasteiger partial charge in [-0.25, -0.2) is 0 Å². The summed E-state index contributed by atoms with van der Waals surface area (Å²) >= 11 is 1.87. The van der Waals surface area contributed by atoms with E-state index in [4.69, 9.17) is 0 Å². The van der Waals surface area contributed by atoms with Crippen LogP contribution in [-0.4, -0.2) is 0 Å². The molecule has 0 radical (unpaired) electrons. The van der Waals surface area contributed by atoms with Crippen molar-refractivity contribution in [3.8, 4) is 55.6 Å². The van der Waals surface area contributed by atoms with Crippen molar-refractivity contribution in [1.82, 2.24) is 0 Å². The lowest BCUT2D eigenvalue weighted by atomic mass is 9.88. The average molecular weight is 782 g/mol. The van der Waals surface area contributed by atoms with Crippen molar-refractivity contribution < 1.29 is 0 Å². The van der Waals surface area contributed by atoms with Crippen LogP contribution in [0.15, 0.2) is 237 Å². The predicted molar refractivity (Wildman–Crippen MR) is 259 cm³/mol. The molecule has 2 heteroatoms. The van der Waals surface area contributed by atoms with E-state index in [1.165, 1.54) is 86.6 Å². The van der Waals surface area contributed by atoms with Gasteiger partial charge in [-0.05, 0) is 91.2 Å². The van der Waals surface area contributed by atoms with E-state index in [1.54, 1.807) is 0 Å². The van der Waals surface area contributed by atoms with E-state index >= 15 is 0 Å². The zero-order valence-electron chi connectivity index (χ0n) is 32.9. The minimum absolute atomic E-state index is 1.10. The molecule has 0 aliphatic rings. The van der Waals surface area contributed by atoms with Gasteiger partial charge in [0.05, 0.1) is 16.1 Å². The van der Waals surface area contributed by atoms with Gasteiger partial charge >= 0.3 is 0 Å². The fraction of sp³-hybridized carbons (Fsp3) is 0. The summed E-state index contributed by atoms with van der Waals surface area (Å²) in [6.45, 7) is 0. The van der Waals surface area contributed by atoms with Gasteiger partial charge in [-0.1, -0.05) is 206 Å². The van der Waals surface area contributed by atoms with Gasteiger partial charge < -0.3 is 4.90 Å². The number of rotatable bonds is 8. The zero-order valence-corrected chi connectivity index (χ0v) is 33.7. The van der Waals surface area contributed by atoms with Crippen LogP contribution in [0.25, 0.3) is 86.6 Å². The largest absolute Gasteiger partial charge is 0.308 e. The highest BCUT2D eigenvalue weighted by Gasteiger charge is 2.23. The topological polar surface area (TPSA) is 3.24 Å². The summed E-state index contributed by atoms with van der Waals surface area (Å²) in [5.41, 5.74) is 15.4. The standard InChI is InChI=1S/C58H39NS/c1-2-16-42(17-3-1)48-21-6-7-22-49(48)50-23-8-9-24-51(50)52-25-10-12-29-55(52)59(56-30-15-28-54-53-26-11-13-31-57(53)60-58(54)56)45-38-36-41(37-39-45)40-32-34-44(35-33-40)47-27-14-19-43-18-4-5-20-46(43)47/h1-39H. The number of fused-ring (bicyclic) bond motifs is 4. The molecule has 1 nitrogen and oxygen atoms in total. The second-order valence-electron chi connectivity index (χ2n) is 15.2. The summed E-state index contributed by atoms with van der Waals surface area (Å²) < 4.78 is 2.56. The number of nitrogens with zero attached hydrogens (tertiary/aromatic N) is 1. The Labute approximate surface area is 354 Å². The lowest BCUT2D eigenvalue weighted by molar-refractivity contribution is 1.30. The number of para-hydroxylation sites is 1. The Hall–Kier alpha value is -7.52. The molecule has 0 saturated heterocycles. The molecule has 282 valence electrons. The Bertz CT molecular complexity index is 3300. The number of hydrogen-bond acceptors (Lipinski definition) is 2. The van der Waals surface area contributed by atoms with Crippen LogP contribution >= 0.6 is 11.3 Å². The van der Waals surface area contributed by atoms with Gasteiger partial charge in [-0.15, -0.1) is 11.3 Å². The third-order valence-corrected chi connectivity index (χ3v) is 12.9. The van der Waals surface area contributed by atoms with Crippen LogP contribution in [0.2, 0.25) is 0 Å².